The van der Waals surface area contributed by atoms with Gasteiger partial charge in [-0.3, -0.25) is 0 Å². The van der Waals surface area contributed by atoms with Gasteiger partial charge in [0.1, 0.15) is 0 Å². The first kappa shape index (κ1) is 17.3. The molecule has 5 heteroatoms. The smallest absolute Gasteiger partial charge is 0.337 e. The summed E-state index contributed by atoms with van der Waals surface area (Å²) in [6.07, 6.45) is 0.804. The van der Waals surface area contributed by atoms with E-state index in [4.69, 9.17) is 11.6 Å². The largest absolute Gasteiger partial charge is 0.478 e. The Bertz CT molecular complexity index is 903. The summed E-state index contributed by atoms with van der Waals surface area (Å²) in [6.45, 7) is 1.99. The zero-order valence-electron chi connectivity index (χ0n) is 13.7. The Kier molecular flexibility index (Phi) is 4.93. The van der Waals surface area contributed by atoms with Crippen molar-refractivity contribution in [3.8, 4) is 11.3 Å². The number of aromatic nitrogens is 1. The van der Waals surface area contributed by atoms with Crippen LogP contribution in [0, 0.1) is 6.92 Å². The first-order chi connectivity index (χ1) is 12.0. The minimum atomic E-state index is -1.00. The van der Waals surface area contributed by atoms with Crippen LogP contribution in [0.2, 0.25) is 5.02 Å². The number of aliphatic hydroxyl groups is 1. The van der Waals surface area contributed by atoms with E-state index in [-0.39, 0.29) is 12.1 Å². The molecule has 4 nitrogen and oxygen atoms in total. The van der Waals surface area contributed by atoms with Gasteiger partial charge in [0.05, 0.1) is 23.9 Å². The number of benzene rings is 2. The molecule has 2 N–H and O–H groups in total. The van der Waals surface area contributed by atoms with Gasteiger partial charge in [-0.25, -0.2) is 4.79 Å². The van der Waals surface area contributed by atoms with Crippen LogP contribution in [0.15, 0.2) is 60.8 Å². The maximum Gasteiger partial charge on any atom is 0.337 e. The standard InChI is InChI=1S/C20H18ClNO3/c1-13-16(20(24)25)11-22(12-18(23)14-7-3-2-4-8-14)19(13)15-9-5-6-10-17(15)21/h2-11,18,23H,12H2,1H3,(H,24,25). The van der Waals surface area contributed by atoms with Gasteiger partial charge in [-0.2, -0.15) is 0 Å². The first-order valence-electron chi connectivity index (χ1n) is 7.90. The van der Waals surface area contributed by atoms with Crippen molar-refractivity contribution < 1.29 is 15.0 Å². The van der Waals surface area contributed by atoms with Crippen LogP contribution >= 0.6 is 11.6 Å². The Morgan fingerprint density at radius 3 is 2.40 bits per heavy atom. The molecule has 0 spiro atoms. The zero-order chi connectivity index (χ0) is 18.0. The second-order valence-electron chi connectivity index (χ2n) is 5.88. The van der Waals surface area contributed by atoms with Gasteiger partial charge in [-0.15, -0.1) is 0 Å². The van der Waals surface area contributed by atoms with Crippen LogP contribution < -0.4 is 0 Å². The highest BCUT2D eigenvalue weighted by Gasteiger charge is 2.21. The fourth-order valence-corrected chi connectivity index (χ4v) is 3.22. The average molecular weight is 356 g/mol. The molecule has 0 radical (unpaired) electrons. The second-order valence-corrected chi connectivity index (χ2v) is 6.29. The van der Waals surface area contributed by atoms with E-state index in [2.05, 4.69) is 0 Å². The first-order valence-corrected chi connectivity index (χ1v) is 8.27. The summed E-state index contributed by atoms with van der Waals surface area (Å²) >= 11 is 6.32. The summed E-state index contributed by atoms with van der Waals surface area (Å²) in [7, 11) is 0. The summed E-state index contributed by atoms with van der Waals surface area (Å²) in [5.41, 5.74) is 3.05. The topological polar surface area (TPSA) is 62.5 Å². The Morgan fingerprint density at radius 1 is 1.12 bits per heavy atom. The minimum Gasteiger partial charge on any atom is -0.478 e. The molecule has 0 aliphatic carbocycles. The lowest BCUT2D eigenvalue weighted by atomic mass is 10.1. The Hall–Kier alpha value is -2.56. The van der Waals surface area contributed by atoms with Crippen molar-refractivity contribution in [3.63, 3.8) is 0 Å². The van der Waals surface area contributed by atoms with Crippen molar-refractivity contribution in [1.29, 1.82) is 0 Å². The summed E-state index contributed by atoms with van der Waals surface area (Å²) in [4.78, 5) is 11.6. The van der Waals surface area contributed by atoms with Gasteiger partial charge in [0.2, 0.25) is 0 Å². The lowest BCUT2D eigenvalue weighted by molar-refractivity contribution is 0.0695. The van der Waals surface area contributed by atoms with E-state index in [1.165, 1.54) is 0 Å². The van der Waals surface area contributed by atoms with Gasteiger partial charge in [-0.1, -0.05) is 60.1 Å². The van der Waals surface area contributed by atoms with Crippen molar-refractivity contribution in [2.45, 2.75) is 19.6 Å². The Labute approximate surface area is 150 Å². The molecule has 128 valence electrons. The molecule has 1 aromatic heterocycles. The van der Waals surface area contributed by atoms with E-state index < -0.39 is 12.1 Å². The summed E-state index contributed by atoms with van der Waals surface area (Å²) in [6, 6.07) is 16.6. The van der Waals surface area contributed by atoms with E-state index in [9.17, 15) is 15.0 Å². The minimum absolute atomic E-state index is 0.204. The van der Waals surface area contributed by atoms with Gasteiger partial charge in [0.25, 0.3) is 0 Å². The molecule has 1 unspecified atom stereocenters. The van der Waals surface area contributed by atoms with E-state index in [0.29, 0.717) is 16.3 Å². The number of aliphatic hydroxyl groups excluding tert-OH is 1. The van der Waals surface area contributed by atoms with Crippen LogP contribution in [0.5, 0.6) is 0 Å². The van der Waals surface area contributed by atoms with Crippen molar-refractivity contribution in [1.82, 2.24) is 4.57 Å². The van der Waals surface area contributed by atoms with Crippen molar-refractivity contribution >= 4 is 17.6 Å². The second kappa shape index (κ2) is 7.13. The molecule has 0 aliphatic rings. The highest BCUT2D eigenvalue weighted by atomic mass is 35.5. The number of aromatic carboxylic acids is 1. The molecule has 2 aromatic carbocycles. The number of carboxylic acids is 1. The third-order valence-electron chi connectivity index (χ3n) is 4.24. The van der Waals surface area contributed by atoms with Gasteiger partial charge in [0, 0.05) is 16.8 Å². The van der Waals surface area contributed by atoms with Gasteiger partial charge in [0.15, 0.2) is 0 Å². The van der Waals surface area contributed by atoms with E-state index >= 15 is 0 Å². The molecule has 1 atom stereocenters. The number of hydrogen-bond acceptors (Lipinski definition) is 2. The molecule has 25 heavy (non-hydrogen) atoms. The molecule has 3 rings (SSSR count). The fraction of sp³-hybridized carbons (Fsp3) is 0.150. The number of halogens is 1. The molecular formula is C20H18ClNO3. The summed E-state index contributed by atoms with van der Waals surface area (Å²) in [5.74, 6) is -1.00. The summed E-state index contributed by atoms with van der Waals surface area (Å²) < 4.78 is 1.76. The third kappa shape index (κ3) is 3.45. The lowest BCUT2D eigenvalue weighted by Gasteiger charge is -2.16. The molecule has 0 saturated carbocycles. The number of hydrogen-bond donors (Lipinski definition) is 2. The highest BCUT2D eigenvalue weighted by molar-refractivity contribution is 6.33. The predicted molar refractivity (Wildman–Crippen MR) is 98.0 cm³/mol. The zero-order valence-corrected chi connectivity index (χ0v) is 14.4. The highest BCUT2D eigenvalue weighted by Crippen LogP contribution is 2.34. The van der Waals surface area contributed by atoms with E-state index in [1.807, 2.05) is 48.5 Å². The van der Waals surface area contributed by atoms with Gasteiger partial charge >= 0.3 is 5.97 Å². The number of rotatable bonds is 5. The average Bonchev–Trinajstić information content (AvgIpc) is 2.92. The molecule has 3 aromatic rings. The van der Waals surface area contributed by atoms with Gasteiger partial charge in [-0.05, 0) is 24.1 Å². The lowest BCUT2D eigenvalue weighted by Crippen LogP contribution is -2.09. The maximum absolute atomic E-state index is 11.6. The van der Waals surface area contributed by atoms with E-state index in [1.54, 1.807) is 23.8 Å². The summed E-state index contributed by atoms with van der Waals surface area (Å²) in [5, 5.41) is 20.6. The molecule has 0 saturated heterocycles. The van der Waals surface area contributed by atoms with Crippen molar-refractivity contribution in [2.24, 2.45) is 0 Å². The number of carbonyl (C=O) groups is 1. The Balaban J connectivity index is 2.08. The van der Waals surface area contributed by atoms with Crippen molar-refractivity contribution in [2.75, 3.05) is 0 Å². The maximum atomic E-state index is 11.6. The van der Waals surface area contributed by atoms with Crippen LogP contribution in [-0.4, -0.2) is 20.7 Å². The SMILES string of the molecule is Cc1c(C(=O)O)cn(CC(O)c2ccccc2)c1-c1ccccc1Cl. The van der Waals surface area contributed by atoms with Crippen LogP contribution in [0.3, 0.4) is 0 Å². The fourth-order valence-electron chi connectivity index (χ4n) is 3.00. The monoisotopic (exact) mass is 355 g/mol. The number of nitrogens with zero attached hydrogens (tertiary/aromatic N) is 1. The molecule has 0 bridgehead atoms. The third-order valence-corrected chi connectivity index (χ3v) is 4.57. The normalized spacial score (nSPS) is 12.1. The predicted octanol–water partition coefficient (Wildman–Crippen LogP) is 4.55. The quantitative estimate of drug-likeness (QED) is 0.705. The molecule has 0 amide bonds. The molecule has 0 aliphatic heterocycles. The molecule has 1 heterocycles. The number of carboxylic acid groups (broad SMARTS) is 1. The van der Waals surface area contributed by atoms with Crippen molar-refractivity contribution in [3.05, 3.63) is 82.5 Å². The molecular weight excluding hydrogens is 338 g/mol. The van der Waals surface area contributed by atoms with Crippen LogP contribution in [0.1, 0.15) is 27.6 Å². The van der Waals surface area contributed by atoms with Crippen LogP contribution in [-0.2, 0) is 6.54 Å². The molecule has 0 fully saturated rings. The van der Waals surface area contributed by atoms with Crippen LogP contribution in [0.4, 0.5) is 0 Å². The van der Waals surface area contributed by atoms with E-state index in [0.717, 1.165) is 11.1 Å². The van der Waals surface area contributed by atoms with Gasteiger partial charge < -0.3 is 14.8 Å². The van der Waals surface area contributed by atoms with Crippen LogP contribution in [0.25, 0.3) is 11.3 Å². The Morgan fingerprint density at radius 2 is 1.76 bits per heavy atom.